The van der Waals surface area contributed by atoms with Gasteiger partial charge >= 0.3 is 5.97 Å². The number of carbonyl (C=O) groups is 2. The predicted molar refractivity (Wildman–Crippen MR) is 149 cm³/mol. The van der Waals surface area contributed by atoms with Gasteiger partial charge in [0.1, 0.15) is 22.8 Å². The highest BCUT2D eigenvalue weighted by atomic mass is 16.6. The summed E-state index contributed by atoms with van der Waals surface area (Å²) in [5.41, 5.74) is 0.960. The zero-order valence-corrected chi connectivity index (χ0v) is 22.7. The van der Waals surface area contributed by atoms with Gasteiger partial charge < -0.3 is 44.1 Å². The minimum absolute atomic E-state index is 0.0579. The molecule has 6 rings (SSSR count). The molecule has 0 aromatic heterocycles. The lowest BCUT2D eigenvalue weighted by atomic mass is 9.92. The molecule has 11 nitrogen and oxygen atoms in total. The van der Waals surface area contributed by atoms with Crippen LogP contribution in [0.15, 0.2) is 78.9 Å². The van der Waals surface area contributed by atoms with Crippen LogP contribution in [0.2, 0.25) is 0 Å². The van der Waals surface area contributed by atoms with E-state index in [0.29, 0.717) is 16.9 Å². The van der Waals surface area contributed by atoms with Gasteiger partial charge in [0.15, 0.2) is 47.4 Å². The van der Waals surface area contributed by atoms with Gasteiger partial charge in [0, 0.05) is 17.7 Å². The Morgan fingerprint density at radius 3 is 2.28 bits per heavy atom. The number of aliphatic hydroxyl groups excluding tert-OH is 2. The van der Waals surface area contributed by atoms with Gasteiger partial charge in [-0.2, -0.15) is 0 Å². The molecule has 43 heavy (non-hydrogen) atoms. The van der Waals surface area contributed by atoms with Crippen LogP contribution in [-0.2, 0) is 0 Å². The molecule has 0 spiro atoms. The van der Waals surface area contributed by atoms with Crippen molar-refractivity contribution < 1.29 is 53.7 Å². The first kappa shape index (κ1) is 27.9. The molecule has 11 heteroatoms. The smallest absolute Gasteiger partial charge is 0.343 e. The van der Waals surface area contributed by atoms with Crippen molar-refractivity contribution in [3.8, 4) is 40.2 Å². The number of aromatic hydroxyl groups is 2. The molecule has 0 bridgehead atoms. The lowest BCUT2D eigenvalue weighted by Gasteiger charge is -2.35. The number of carbonyl (C=O) groups excluding carboxylic acids is 2. The number of rotatable bonds is 6. The van der Waals surface area contributed by atoms with Crippen LogP contribution in [0.5, 0.6) is 40.2 Å². The van der Waals surface area contributed by atoms with Crippen LogP contribution in [0.1, 0.15) is 44.1 Å². The van der Waals surface area contributed by atoms with Crippen molar-refractivity contribution in [1.29, 1.82) is 0 Å². The average molecular weight is 587 g/mol. The molecule has 0 saturated heterocycles. The van der Waals surface area contributed by atoms with E-state index in [2.05, 4.69) is 0 Å². The number of phenolic OH excluding ortho intramolecular Hbond substituents is 2. The summed E-state index contributed by atoms with van der Waals surface area (Å²) in [7, 11) is 1.41. The molecular weight excluding hydrogens is 560 g/mol. The molecule has 2 aliphatic heterocycles. The Morgan fingerprint density at radius 2 is 1.53 bits per heavy atom. The predicted octanol–water partition coefficient (Wildman–Crippen LogP) is 3.88. The van der Waals surface area contributed by atoms with E-state index >= 15 is 0 Å². The van der Waals surface area contributed by atoms with E-state index in [1.807, 2.05) is 0 Å². The van der Waals surface area contributed by atoms with Gasteiger partial charge in [-0.15, -0.1) is 0 Å². The molecule has 2 heterocycles. The molecule has 0 amide bonds. The molecule has 0 radical (unpaired) electrons. The van der Waals surface area contributed by atoms with Crippen molar-refractivity contribution in [1.82, 2.24) is 0 Å². The van der Waals surface area contributed by atoms with E-state index in [-0.39, 0.29) is 46.5 Å². The number of hydrogen-bond acceptors (Lipinski definition) is 11. The summed E-state index contributed by atoms with van der Waals surface area (Å²) in [6.07, 6.45) is -4.46. The van der Waals surface area contributed by atoms with Gasteiger partial charge in [0.2, 0.25) is 5.78 Å². The molecule has 2 aliphatic rings. The fourth-order valence-corrected chi connectivity index (χ4v) is 5.07. The van der Waals surface area contributed by atoms with Gasteiger partial charge in [-0.25, -0.2) is 4.79 Å². The van der Waals surface area contributed by atoms with Crippen molar-refractivity contribution in [2.24, 2.45) is 0 Å². The quantitative estimate of drug-likeness (QED) is 0.192. The number of aliphatic hydroxyl groups is 2. The van der Waals surface area contributed by atoms with E-state index in [4.69, 9.17) is 23.7 Å². The zero-order chi connectivity index (χ0) is 30.2. The normalized spacial score (nSPS) is 20.5. The second-order valence-corrected chi connectivity index (χ2v) is 9.93. The Kier molecular flexibility index (Phi) is 7.26. The van der Waals surface area contributed by atoms with Crippen molar-refractivity contribution in [2.45, 2.75) is 24.4 Å². The van der Waals surface area contributed by atoms with Crippen molar-refractivity contribution in [3.05, 3.63) is 101 Å². The maximum absolute atomic E-state index is 13.2. The molecule has 4 aromatic rings. The van der Waals surface area contributed by atoms with Crippen LogP contribution in [0.3, 0.4) is 0 Å². The Morgan fingerprint density at radius 1 is 0.814 bits per heavy atom. The third-order valence-corrected chi connectivity index (χ3v) is 7.21. The van der Waals surface area contributed by atoms with Gasteiger partial charge in [-0.1, -0.05) is 30.3 Å². The number of benzene rings is 4. The maximum atomic E-state index is 13.2. The lowest BCUT2D eigenvalue weighted by molar-refractivity contribution is -0.0130. The van der Waals surface area contributed by atoms with Gasteiger partial charge in [-0.3, -0.25) is 4.79 Å². The molecule has 0 saturated carbocycles. The third-order valence-electron chi connectivity index (χ3n) is 7.21. The Hall–Kier alpha value is -5.26. The number of phenols is 2. The van der Waals surface area contributed by atoms with Crippen LogP contribution in [0.4, 0.5) is 0 Å². The highest BCUT2D eigenvalue weighted by molar-refractivity contribution is 6.05. The Labute approximate surface area is 245 Å². The number of esters is 1. The zero-order valence-electron chi connectivity index (χ0n) is 22.7. The first-order valence-electron chi connectivity index (χ1n) is 13.3. The SMILES string of the molecule is COc1cc(C2Oc3cc([C@H]4Oc5cc(OC(=O)c6ccccc6)cc(O)c5C(=O)[C@@H]4O)ccc3OC2CO)ccc1O. The molecule has 2 unspecified atom stereocenters. The molecule has 4 aromatic carbocycles. The van der Waals surface area contributed by atoms with Crippen LogP contribution < -0.4 is 23.7 Å². The summed E-state index contributed by atoms with van der Waals surface area (Å²) < 4.78 is 28.8. The Balaban J connectivity index is 1.29. The number of ether oxygens (including phenoxy) is 5. The summed E-state index contributed by atoms with van der Waals surface area (Å²) in [6, 6.07) is 19.9. The summed E-state index contributed by atoms with van der Waals surface area (Å²) in [4.78, 5) is 25.7. The van der Waals surface area contributed by atoms with Crippen molar-refractivity contribution in [2.75, 3.05) is 13.7 Å². The molecule has 220 valence electrons. The first-order chi connectivity index (χ1) is 20.8. The van der Waals surface area contributed by atoms with Crippen LogP contribution in [0, 0.1) is 0 Å². The molecular formula is C32H26O11. The maximum Gasteiger partial charge on any atom is 0.343 e. The molecule has 0 aliphatic carbocycles. The van der Waals surface area contributed by atoms with Crippen LogP contribution in [-0.4, -0.2) is 58.1 Å². The third kappa shape index (κ3) is 5.16. The number of hydrogen-bond donors (Lipinski definition) is 4. The number of Topliss-reactive ketones (excluding diaryl/α,β-unsaturated/α-hetero) is 1. The van der Waals surface area contributed by atoms with E-state index in [9.17, 15) is 30.0 Å². The molecule has 4 N–H and O–H groups in total. The minimum Gasteiger partial charge on any atom is -0.507 e. The largest absolute Gasteiger partial charge is 0.507 e. The fourth-order valence-electron chi connectivity index (χ4n) is 5.07. The van der Waals surface area contributed by atoms with E-state index in [1.54, 1.807) is 60.7 Å². The van der Waals surface area contributed by atoms with Gasteiger partial charge in [0.25, 0.3) is 0 Å². The van der Waals surface area contributed by atoms with E-state index in [0.717, 1.165) is 6.07 Å². The molecule has 4 atom stereocenters. The monoisotopic (exact) mass is 586 g/mol. The second kappa shape index (κ2) is 11.2. The molecule has 0 fully saturated rings. The van der Waals surface area contributed by atoms with Crippen molar-refractivity contribution >= 4 is 11.8 Å². The van der Waals surface area contributed by atoms with Crippen LogP contribution >= 0.6 is 0 Å². The fraction of sp³-hybridized carbons (Fsp3) is 0.188. The van der Waals surface area contributed by atoms with Crippen LogP contribution in [0.25, 0.3) is 0 Å². The Bertz CT molecular complexity index is 1700. The van der Waals surface area contributed by atoms with Crippen molar-refractivity contribution in [3.63, 3.8) is 0 Å². The summed E-state index contributed by atoms with van der Waals surface area (Å²) >= 11 is 0. The number of methoxy groups -OCH3 is 1. The lowest BCUT2D eigenvalue weighted by Crippen LogP contribution is -2.37. The van der Waals surface area contributed by atoms with E-state index in [1.165, 1.54) is 19.2 Å². The summed E-state index contributed by atoms with van der Waals surface area (Å²) in [6.45, 7) is -0.370. The first-order valence-corrected chi connectivity index (χ1v) is 13.3. The number of ketones is 1. The van der Waals surface area contributed by atoms with Gasteiger partial charge in [-0.05, 0) is 42.0 Å². The van der Waals surface area contributed by atoms with Gasteiger partial charge in [0.05, 0.1) is 19.3 Å². The number of fused-ring (bicyclic) bond motifs is 2. The summed E-state index contributed by atoms with van der Waals surface area (Å²) in [5, 5.41) is 41.5. The minimum atomic E-state index is -1.68. The highest BCUT2D eigenvalue weighted by Gasteiger charge is 2.41. The standard InChI is InChI=1S/C32H26O11/c1-39-23-11-17(7-9-20(23)34)30-26(15-33)41-22-10-8-18(12-24(22)42-30)31-29(37)28(36)27-21(35)13-19(14-25(27)43-31)40-32(38)16-5-3-2-4-6-16/h2-14,26,29-31,33-35,37H,15H2,1H3/t26?,29-,30?,31+/m0/s1. The highest BCUT2D eigenvalue weighted by Crippen LogP contribution is 2.46. The summed E-state index contributed by atoms with van der Waals surface area (Å²) in [5.74, 6) is -1.40. The van der Waals surface area contributed by atoms with E-state index < -0.39 is 41.9 Å². The average Bonchev–Trinajstić information content (AvgIpc) is 3.02. The topological polar surface area (TPSA) is 161 Å². The second-order valence-electron chi connectivity index (χ2n) is 9.93.